The highest BCUT2D eigenvalue weighted by atomic mass is 16.7. The summed E-state index contributed by atoms with van der Waals surface area (Å²) in [5.74, 6) is -0.773. The molecule has 0 unspecified atom stereocenters. The van der Waals surface area contributed by atoms with Gasteiger partial charge in [0.25, 0.3) is 0 Å². The van der Waals surface area contributed by atoms with Gasteiger partial charge in [-0.15, -0.1) is 5.06 Å². The first-order valence-electron chi connectivity index (χ1n) is 8.47. The van der Waals surface area contributed by atoms with Gasteiger partial charge in [-0.3, -0.25) is 0 Å². The number of benzene rings is 1. The van der Waals surface area contributed by atoms with E-state index in [4.69, 9.17) is 9.57 Å². The van der Waals surface area contributed by atoms with Gasteiger partial charge in [0, 0.05) is 18.4 Å². The van der Waals surface area contributed by atoms with Crippen molar-refractivity contribution in [3.63, 3.8) is 0 Å². The summed E-state index contributed by atoms with van der Waals surface area (Å²) in [6, 6.07) is 8.95. The average molecular weight is 345 g/mol. The molecule has 0 aromatic heterocycles. The number of piperidine rings is 1. The van der Waals surface area contributed by atoms with E-state index in [2.05, 4.69) is 6.58 Å². The number of nitrogens with zero attached hydrogens (tertiary/aromatic N) is 1. The summed E-state index contributed by atoms with van der Waals surface area (Å²) in [4.78, 5) is 29.9. The Morgan fingerprint density at radius 2 is 1.60 bits per heavy atom. The average Bonchev–Trinajstić information content (AvgIpc) is 2.50. The van der Waals surface area contributed by atoms with Crippen LogP contribution in [0.4, 0.5) is 0 Å². The third kappa shape index (κ3) is 4.48. The number of hydroxylamine groups is 2. The second kappa shape index (κ2) is 7.00. The van der Waals surface area contributed by atoms with Crippen molar-refractivity contribution in [3.8, 4) is 0 Å². The van der Waals surface area contributed by atoms with Crippen LogP contribution in [0, 0.1) is 0 Å². The van der Waals surface area contributed by atoms with E-state index in [1.54, 1.807) is 24.1 Å². The van der Waals surface area contributed by atoms with Gasteiger partial charge in [0.1, 0.15) is 6.10 Å². The molecule has 0 radical (unpaired) electrons. The second-order valence-electron chi connectivity index (χ2n) is 7.88. The highest BCUT2D eigenvalue weighted by molar-refractivity contribution is 5.89. The third-order valence-electron chi connectivity index (χ3n) is 4.36. The number of rotatable bonds is 4. The molecule has 1 fully saturated rings. The lowest BCUT2D eigenvalue weighted by Gasteiger charge is -2.52. The van der Waals surface area contributed by atoms with Crippen LogP contribution in [0.25, 0.3) is 0 Å². The Morgan fingerprint density at radius 1 is 1.08 bits per heavy atom. The van der Waals surface area contributed by atoms with E-state index < -0.39 is 17.0 Å². The van der Waals surface area contributed by atoms with Gasteiger partial charge in [-0.05, 0) is 46.8 Å². The highest BCUT2D eigenvalue weighted by Crippen LogP contribution is 2.40. The molecule has 0 aliphatic carbocycles. The minimum Gasteiger partial charge on any atom is -0.459 e. The number of carbonyl (C=O) groups is 2. The SMILES string of the molecule is C=C(C)C(=O)ON1C(C)(C)CC(OC(=O)c2ccccc2)CC1(C)C. The molecule has 1 aliphatic rings. The van der Waals surface area contributed by atoms with Crippen LogP contribution in [0.5, 0.6) is 0 Å². The Balaban J connectivity index is 2.13. The van der Waals surface area contributed by atoms with Crippen molar-refractivity contribution in [1.29, 1.82) is 0 Å². The smallest absolute Gasteiger partial charge is 0.352 e. The predicted octanol–water partition coefficient (Wildman–Crippen LogP) is 3.90. The minimum absolute atomic E-state index is 0.252. The Kier molecular flexibility index (Phi) is 5.37. The summed E-state index contributed by atoms with van der Waals surface area (Å²) in [5.41, 5.74) is -0.0679. The molecule has 5 heteroatoms. The van der Waals surface area contributed by atoms with E-state index in [-0.39, 0.29) is 12.1 Å². The molecule has 0 spiro atoms. The first kappa shape index (κ1) is 19.2. The molecule has 5 nitrogen and oxygen atoms in total. The fraction of sp³-hybridized carbons (Fsp3) is 0.500. The van der Waals surface area contributed by atoms with Gasteiger partial charge in [-0.1, -0.05) is 24.8 Å². The molecule has 136 valence electrons. The molecular weight excluding hydrogens is 318 g/mol. The lowest BCUT2D eigenvalue weighted by atomic mass is 9.80. The quantitative estimate of drug-likeness (QED) is 0.612. The second-order valence-corrected chi connectivity index (χ2v) is 7.88. The van der Waals surface area contributed by atoms with E-state index in [0.29, 0.717) is 24.0 Å². The zero-order valence-electron chi connectivity index (χ0n) is 15.7. The summed E-state index contributed by atoms with van der Waals surface area (Å²) in [5, 5.41) is 1.71. The van der Waals surface area contributed by atoms with Gasteiger partial charge < -0.3 is 9.57 Å². The van der Waals surface area contributed by atoms with Gasteiger partial charge in [-0.25, -0.2) is 9.59 Å². The maximum atomic E-state index is 12.4. The number of hydrogen-bond acceptors (Lipinski definition) is 5. The van der Waals surface area contributed by atoms with Gasteiger partial charge in [0.05, 0.1) is 16.6 Å². The van der Waals surface area contributed by atoms with Crippen LogP contribution in [0.3, 0.4) is 0 Å². The van der Waals surface area contributed by atoms with Crippen molar-refractivity contribution >= 4 is 11.9 Å². The molecule has 1 aliphatic heterocycles. The van der Waals surface area contributed by atoms with Crippen molar-refractivity contribution in [2.45, 2.75) is 64.6 Å². The summed E-state index contributed by atoms with van der Waals surface area (Å²) >= 11 is 0. The molecule has 1 aromatic rings. The van der Waals surface area contributed by atoms with Gasteiger partial charge >= 0.3 is 11.9 Å². The van der Waals surface area contributed by atoms with E-state index in [1.807, 2.05) is 45.9 Å². The molecule has 1 heterocycles. The largest absolute Gasteiger partial charge is 0.459 e. The summed E-state index contributed by atoms with van der Waals surface area (Å²) in [7, 11) is 0. The van der Waals surface area contributed by atoms with Crippen LogP contribution >= 0.6 is 0 Å². The molecule has 0 N–H and O–H groups in total. The zero-order chi connectivity index (χ0) is 18.8. The third-order valence-corrected chi connectivity index (χ3v) is 4.36. The monoisotopic (exact) mass is 345 g/mol. The Morgan fingerprint density at radius 3 is 2.08 bits per heavy atom. The van der Waals surface area contributed by atoms with Gasteiger partial charge in [0.2, 0.25) is 0 Å². The Hall–Kier alpha value is -2.14. The minimum atomic E-state index is -0.478. The van der Waals surface area contributed by atoms with Gasteiger partial charge in [0.15, 0.2) is 0 Å². The molecule has 0 atom stereocenters. The lowest BCUT2D eigenvalue weighted by molar-refractivity contribution is -0.273. The standard InChI is InChI=1S/C20H27NO4/c1-14(2)17(22)25-21-19(3,4)12-16(13-20(21,5)6)24-18(23)15-10-8-7-9-11-15/h7-11,16H,1,12-13H2,2-6H3. The predicted molar refractivity (Wildman–Crippen MR) is 95.8 cm³/mol. The maximum absolute atomic E-state index is 12.4. The number of carbonyl (C=O) groups excluding carboxylic acids is 2. The zero-order valence-corrected chi connectivity index (χ0v) is 15.7. The molecule has 1 saturated heterocycles. The molecule has 2 rings (SSSR count). The van der Waals surface area contributed by atoms with E-state index >= 15 is 0 Å². The van der Waals surface area contributed by atoms with Crippen LogP contribution in [-0.2, 0) is 14.4 Å². The van der Waals surface area contributed by atoms with E-state index in [1.165, 1.54) is 0 Å². The lowest BCUT2D eigenvalue weighted by Crippen LogP contribution is -2.62. The van der Waals surface area contributed by atoms with E-state index in [0.717, 1.165) is 0 Å². The Bertz CT molecular complexity index is 646. The summed E-state index contributed by atoms with van der Waals surface area (Å²) < 4.78 is 5.73. The number of hydrogen-bond donors (Lipinski definition) is 0. The van der Waals surface area contributed by atoms with Crippen LogP contribution in [0.1, 0.15) is 57.8 Å². The first-order chi connectivity index (χ1) is 11.5. The Labute approximate surface area is 149 Å². The maximum Gasteiger partial charge on any atom is 0.352 e. The van der Waals surface area contributed by atoms with Crippen molar-refractivity contribution < 1.29 is 19.2 Å². The molecule has 0 bridgehead atoms. The van der Waals surface area contributed by atoms with Crippen LogP contribution in [0.15, 0.2) is 42.5 Å². The molecule has 1 aromatic carbocycles. The fourth-order valence-corrected chi connectivity index (χ4v) is 3.46. The van der Waals surface area contributed by atoms with Crippen molar-refractivity contribution in [1.82, 2.24) is 5.06 Å². The molecule has 0 amide bonds. The van der Waals surface area contributed by atoms with Gasteiger partial charge in [-0.2, -0.15) is 0 Å². The van der Waals surface area contributed by atoms with Crippen molar-refractivity contribution in [2.24, 2.45) is 0 Å². The van der Waals surface area contributed by atoms with Crippen LogP contribution in [-0.4, -0.2) is 34.2 Å². The van der Waals surface area contributed by atoms with Crippen LogP contribution < -0.4 is 0 Å². The topological polar surface area (TPSA) is 55.8 Å². The summed E-state index contributed by atoms with van der Waals surface area (Å²) in [6.07, 6.45) is 0.884. The highest BCUT2D eigenvalue weighted by Gasteiger charge is 2.49. The van der Waals surface area contributed by atoms with E-state index in [9.17, 15) is 9.59 Å². The fourth-order valence-electron chi connectivity index (χ4n) is 3.46. The van der Waals surface area contributed by atoms with Crippen LogP contribution in [0.2, 0.25) is 0 Å². The molecular formula is C20H27NO4. The first-order valence-corrected chi connectivity index (χ1v) is 8.47. The summed E-state index contributed by atoms with van der Waals surface area (Å²) in [6.45, 7) is 13.2. The molecule has 0 saturated carbocycles. The van der Waals surface area contributed by atoms with Crippen molar-refractivity contribution in [2.75, 3.05) is 0 Å². The number of esters is 1. The normalized spacial score (nSPS) is 19.9. The number of ether oxygens (including phenoxy) is 1. The van der Waals surface area contributed by atoms with Crippen molar-refractivity contribution in [3.05, 3.63) is 48.0 Å². The molecule has 25 heavy (non-hydrogen) atoms.